The molecule has 1 heterocycles. The summed E-state index contributed by atoms with van der Waals surface area (Å²) in [6, 6.07) is 10.3. The van der Waals surface area contributed by atoms with Crippen LogP contribution >= 0.6 is 0 Å². The molecular weight excluding hydrogens is 214 g/mol. The summed E-state index contributed by atoms with van der Waals surface area (Å²) in [5, 5.41) is 0. The van der Waals surface area contributed by atoms with Crippen molar-refractivity contribution in [2.24, 2.45) is 0 Å². The van der Waals surface area contributed by atoms with Gasteiger partial charge in [0, 0.05) is 6.20 Å². The lowest BCUT2D eigenvalue weighted by molar-refractivity contribution is 0.483. The molecule has 0 aliphatic heterocycles. The van der Waals surface area contributed by atoms with Crippen molar-refractivity contribution in [2.45, 2.75) is 4.90 Å². The van der Waals surface area contributed by atoms with Crippen LogP contribution in [0, 0.1) is 0 Å². The fourth-order valence-electron chi connectivity index (χ4n) is 1.40. The highest BCUT2D eigenvalue weighted by Gasteiger charge is 2.16. The summed E-state index contributed by atoms with van der Waals surface area (Å²) in [5.41, 5.74) is 1.12. The van der Waals surface area contributed by atoms with Crippen LogP contribution < -0.4 is 0 Å². The molecule has 2 N–H and O–H groups in total. The van der Waals surface area contributed by atoms with Gasteiger partial charge in [0.15, 0.2) is 0 Å². The van der Waals surface area contributed by atoms with Crippen molar-refractivity contribution in [2.75, 3.05) is 0 Å². The molecule has 0 fully saturated rings. The van der Waals surface area contributed by atoms with Crippen molar-refractivity contribution < 1.29 is 13.0 Å². The lowest BCUT2D eigenvalue weighted by atomic mass is 10.2. The van der Waals surface area contributed by atoms with Gasteiger partial charge in [-0.2, -0.15) is 8.42 Å². The van der Waals surface area contributed by atoms with Crippen LogP contribution in [-0.4, -0.2) is 18.0 Å². The Hall–Kier alpha value is -1.59. The van der Waals surface area contributed by atoms with Crippen LogP contribution in [0.1, 0.15) is 0 Å². The summed E-state index contributed by atoms with van der Waals surface area (Å²) in [6.07, 6.45) is 1.48. The summed E-state index contributed by atoms with van der Waals surface area (Å²) in [7, 11) is -4.17. The van der Waals surface area contributed by atoms with Crippen LogP contribution in [-0.2, 0) is 10.1 Å². The largest absolute Gasteiger partial charge is 0.360 e. The number of hydrogen-bond acceptors (Lipinski definition) is 2. The number of hydrogen-bond donors (Lipinski definition) is 2. The fourth-order valence-corrected chi connectivity index (χ4v) is 2.08. The summed E-state index contributed by atoms with van der Waals surface area (Å²) in [6.45, 7) is 0. The average molecular weight is 223 g/mol. The van der Waals surface area contributed by atoms with E-state index in [0.29, 0.717) is 5.69 Å². The molecule has 2 rings (SSSR count). The molecule has 0 atom stereocenters. The highest BCUT2D eigenvalue weighted by molar-refractivity contribution is 7.86. The van der Waals surface area contributed by atoms with Gasteiger partial charge in [-0.25, -0.2) is 0 Å². The van der Waals surface area contributed by atoms with E-state index in [-0.39, 0.29) is 4.90 Å². The van der Waals surface area contributed by atoms with Crippen LogP contribution in [0.3, 0.4) is 0 Å². The molecule has 0 aliphatic rings. The van der Waals surface area contributed by atoms with E-state index >= 15 is 0 Å². The SMILES string of the molecule is O=S(=O)(O)c1cc[nH]c1-c1ccccc1. The maximum atomic E-state index is 11.0. The second-order valence-corrected chi connectivity index (χ2v) is 4.45. The first kappa shape index (κ1) is 9.95. The van der Waals surface area contributed by atoms with E-state index in [2.05, 4.69) is 4.98 Å². The summed E-state index contributed by atoms with van der Waals surface area (Å²) < 4.78 is 31.0. The molecule has 0 saturated carbocycles. The van der Waals surface area contributed by atoms with Gasteiger partial charge in [0.2, 0.25) is 0 Å². The zero-order valence-corrected chi connectivity index (χ0v) is 8.53. The van der Waals surface area contributed by atoms with Crippen molar-refractivity contribution in [3.63, 3.8) is 0 Å². The van der Waals surface area contributed by atoms with E-state index in [1.54, 1.807) is 24.3 Å². The molecule has 0 spiro atoms. The summed E-state index contributed by atoms with van der Waals surface area (Å²) >= 11 is 0. The minimum Gasteiger partial charge on any atom is -0.360 e. The predicted octanol–water partition coefficient (Wildman–Crippen LogP) is 1.93. The van der Waals surface area contributed by atoms with E-state index in [4.69, 9.17) is 4.55 Å². The Kier molecular flexibility index (Phi) is 2.34. The van der Waals surface area contributed by atoms with Crippen molar-refractivity contribution in [1.29, 1.82) is 0 Å². The lowest BCUT2D eigenvalue weighted by Gasteiger charge is -2.00. The van der Waals surface area contributed by atoms with Crippen LogP contribution in [0.5, 0.6) is 0 Å². The Morgan fingerprint density at radius 2 is 1.73 bits per heavy atom. The first-order valence-corrected chi connectivity index (χ1v) is 5.73. The second-order valence-electron chi connectivity index (χ2n) is 3.06. The van der Waals surface area contributed by atoms with Gasteiger partial charge < -0.3 is 4.98 Å². The molecule has 0 unspecified atom stereocenters. The Morgan fingerprint density at radius 3 is 2.33 bits per heavy atom. The van der Waals surface area contributed by atoms with Gasteiger partial charge in [0.05, 0.1) is 5.69 Å². The van der Waals surface area contributed by atoms with Gasteiger partial charge in [-0.1, -0.05) is 30.3 Å². The van der Waals surface area contributed by atoms with E-state index in [1.165, 1.54) is 12.3 Å². The Morgan fingerprint density at radius 1 is 1.07 bits per heavy atom. The van der Waals surface area contributed by atoms with E-state index in [1.807, 2.05) is 6.07 Å². The molecule has 1 aromatic carbocycles. The highest BCUT2D eigenvalue weighted by atomic mass is 32.2. The molecule has 2 aromatic rings. The molecule has 78 valence electrons. The smallest absolute Gasteiger partial charge is 0.296 e. The number of aromatic amines is 1. The molecule has 0 bridgehead atoms. The first-order valence-electron chi connectivity index (χ1n) is 4.29. The van der Waals surface area contributed by atoms with E-state index < -0.39 is 10.1 Å². The normalized spacial score (nSPS) is 11.5. The third-order valence-corrected chi connectivity index (χ3v) is 2.95. The van der Waals surface area contributed by atoms with Crippen molar-refractivity contribution in [1.82, 2.24) is 4.98 Å². The van der Waals surface area contributed by atoms with Crippen molar-refractivity contribution in [3.05, 3.63) is 42.6 Å². The number of H-pyrrole nitrogens is 1. The molecule has 5 heteroatoms. The van der Waals surface area contributed by atoms with Crippen LogP contribution in [0.15, 0.2) is 47.5 Å². The standard InChI is InChI=1S/C10H9NO3S/c12-15(13,14)9-6-7-11-10(9)8-4-2-1-3-5-8/h1-7,11H,(H,12,13,14). The van der Waals surface area contributed by atoms with Gasteiger partial charge in [-0.3, -0.25) is 4.55 Å². The van der Waals surface area contributed by atoms with Crippen LogP contribution in [0.4, 0.5) is 0 Å². The number of aromatic nitrogens is 1. The number of nitrogens with one attached hydrogen (secondary N) is 1. The van der Waals surface area contributed by atoms with E-state index in [9.17, 15) is 8.42 Å². The van der Waals surface area contributed by atoms with Gasteiger partial charge in [0.1, 0.15) is 4.90 Å². The quantitative estimate of drug-likeness (QED) is 0.764. The fraction of sp³-hybridized carbons (Fsp3) is 0. The maximum Gasteiger partial charge on any atom is 0.296 e. The number of benzene rings is 1. The Labute approximate surface area is 87.3 Å². The molecule has 1 aromatic heterocycles. The van der Waals surface area contributed by atoms with Gasteiger partial charge in [-0.15, -0.1) is 0 Å². The Balaban J connectivity index is 2.61. The molecule has 0 saturated heterocycles. The maximum absolute atomic E-state index is 11.0. The third-order valence-electron chi connectivity index (χ3n) is 2.05. The van der Waals surface area contributed by atoms with Gasteiger partial charge >= 0.3 is 0 Å². The lowest BCUT2D eigenvalue weighted by Crippen LogP contribution is -1.98. The van der Waals surface area contributed by atoms with Gasteiger partial charge in [-0.05, 0) is 11.6 Å². The predicted molar refractivity (Wildman–Crippen MR) is 56.0 cm³/mol. The zero-order chi connectivity index (χ0) is 10.9. The van der Waals surface area contributed by atoms with Gasteiger partial charge in [0.25, 0.3) is 10.1 Å². The zero-order valence-electron chi connectivity index (χ0n) is 7.71. The molecule has 4 nitrogen and oxygen atoms in total. The third kappa shape index (κ3) is 1.93. The Bertz CT molecular complexity index is 557. The van der Waals surface area contributed by atoms with Crippen molar-refractivity contribution in [3.8, 4) is 11.3 Å². The second kappa shape index (κ2) is 3.52. The summed E-state index contributed by atoms with van der Waals surface area (Å²) in [5.74, 6) is 0. The van der Waals surface area contributed by atoms with Crippen LogP contribution in [0.25, 0.3) is 11.3 Å². The highest BCUT2D eigenvalue weighted by Crippen LogP contribution is 2.24. The minimum atomic E-state index is -4.17. The molecule has 0 amide bonds. The summed E-state index contributed by atoms with van der Waals surface area (Å²) in [4.78, 5) is 2.69. The van der Waals surface area contributed by atoms with E-state index in [0.717, 1.165) is 5.56 Å². The number of rotatable bonds is 2. The molecule has 0 aliphatic carbocycles. The first-order chi connectivity index (χ1) is 7.09. The molecule has 15 heavy (non-hydrogen) atoms. The minimum absolute atomic E-state index is 0.103. The van der Waals surface area contributed by atoms with Crippen LogP contribution in [0.2, 0.25) is 0 Å². The molecule has 0 radical (unpaired) electrons. The van der Waals surface area contributed by atoms with Crippen molar-refractivity contribution >= 4 is 10.1 Å². The molecular formula is C10H9NO3S. The monoisotopic (exact) mass is 223 g/mol. The topological polar surface area (TPSA) is 70.2 Å². The average Bonchev–Trinajstić information content (AvgIpc) is 2.67.